The summed E-state index contributed by atoms with van der Waals surface area (Å²) in [6.45, 7) is 9.68. The quantitative estimate of drug-likeness (QED) is 0.401. The second-order valence-corrected chi connectivity index (χ2v) is 10.0. The van der Waals surface area contributed by atoms with E-state index in [0.717, 1.165) is 17.5 Å². The highest BCUT2D eigenvalue weighted by Crippen LogP contribution is 2.29. The molecule has 0 saturated carbocycles. The lowest BCUT2D eigenvalue weighted by Crippen LogP contribution is -2.52. The molecule has 1 unspecified atom stereocenters. The number of amides is 2. The highest BCUT2D eigenvalue weighted by Gasteiger charge is 2.33. The van der Waals surface area contributed by atoms with E-state index in [2.05, 4.69) is 5.32 Å². The zero-order valence-corrected chi connectivity index (χ0v) is 21.6. The molecule has 0 heterocycles. The fourth-order valence-electron chi connectivity index (χ4n) is 4.03. The summed E-state index contributed by atoms with van der Waals surface area (Å²) in [5.41, 5.74) is 1.19. The van der Waals surface area contributed by atoms with E-state index in [1.165, 1.54) is 29.2 Å². The smallest absolute Gasteiger partial charge is 0.410 e. The van der Waals surface area contributed by atoms with Crippen LogP contribution in [0.2, 0.25) is 0 Å². The van der Waals surface area contributed by atoms with Gasteiger partial charge in [-0.2, -0.15) is 0 Å². The Labute approximate surface area is 207 Å². The van der Waals surface area contributed by atoms with Crippen LogP contribution in [0.25, 0.3) is 0 Å². The number of nitrogens with one attached hydrogen (secondary N) is 1. The fourth-order valence-corrected chi connectivity index (χ4v) is 4.03. The van der Waals surface area contributed by atoms with Crippen molar-refractivity contribution in [2.75, 3.05) is 13.6 Å². The largest absolute Gasteiger partial charge is 0.444 e. The molecule has 0 spiro atoms. The van der Waals surface area contributed by atoms with Gasteiger partial charge < -0.3 is 10.1 Å². The Morgan fingerprint density at radius 1 is 0.971 bits per heavy atom. The van der Waals surface area contributed by atoms with Gasteiger partial charge in [-0.3, -0.25) is 9.69 Å². The van der Waals surface area contributed by atoms with Crippen molar-refractivity contribution in [3.63, 3.8) is 0 Å². The van der Waals surface area contributed by atoms with Crippen molar-refractivity contribution in [3.8, 4) is 0 Å². The van der Waals surface area contributed by atoms with Gasteiger partial charge in [-0.1, -0.05) is 44.5 Å². The Bertz CT molecular complexity index is 910. The minimum absolute atomic E-state index is 0.0568. The second kappa shape index (κ2) is 12.7. The predicted molar refractivity (Wildman–Crippen MR) is 134 cm³/mol. The van der Waals surface area contributed by atoms with E-state index in [1.54, 1.807) is 52.1 Å². The minimum Gasteiger partial charge on any atom is -0.444 e. The summed E-state index contributed by atoms with van der Waals surface area (Å²) in [6, 6.07) is 11.9. The molecule has 0 aliphatic rings. The number of nitrogens with zero attached hydrogens (tertiary/aromatic N) is 1. The summed E-state index contributed by atoms with van der Waals surface area (Å²) in [5.74, 6) is -0.984. The monoisotopic (exact) mass is 488 g/mol. The van der Waals surface area contributed by atoms with Crippen molar-refractivity contribution >= 4 is 12.0 Å². The Kier molecular flexibility index (Phi) is 10.2. The normalized spacial score (nSPS) is 13.3. The Balaban J connectivity index is 2.05. The van der Waals surface area contributed by atoms with Crippen molar-refractivity contribution in [3.05, 3.63) is 71.3 Å². The van der Waals surface area contributed by atoms with E-state index in [4.69, 9.17) is 4.74 Å². The van der Waals surface area contributed by atoms with Crippen LogP contribution in [-0.2, 0) is 9.53 Å². The number of halogens is 2. The second-order valence-electron chi connectivity index (χ2n) is 10.0. The van der Waals surface area contributed by atoms with Gasteiger partial charge in [0.05, 0.1) is 0 Å². The minimum atomic E-state index is -0.655. The molecule has 0 fully saturated rings. The van der Waals surface area contributed by atoms with Crippen LogP contribution in [0.4, 0.5) is 13.6 Å². The molecule has 192 valence electrons. The first kappa shape index (κ1) is 28.3. The molecule has 1 N–H and O–H groups in total. The molecule has 2 atom stereocenters. The average Bonchev–Trinajstić information content (AvgIpc) is 2.79. The third-order valence-corrected chi connectivity index (χ3v) is 6.06. The number of hydrogen-bond acceptors (Lipinski definition) is 3. The van der Waals surface area contributed by atoms with Gasteiger partial charge in [-0.05, 0) is 74.9 Å². The van der Waals surface area contributed by atoms with Crippen LogP contribution >= 0.6 is 0 Å². The first-order valence-corrected chi connectivity index (χ1v) is 12.2. The van der Waals surface area contributed by atoms with Gasteiger partial charge in [-0.15, -0.1) is 0 Å². The van der Waals surface area contributed by atoms with Crippen molar-refractivity contribution in [2.45, 2.75) is 71.4 Å². The number of carbonyl (C=O) groups excluding carboxylic acids is 2. The number of benzene rings is 2. The van der Waals surface area contributed by atoms with E-state index in [0.29, 0.717) is 19.4 Å². The summed E-state index contributed by atoms with van der Waals surface area (Å²) >= 11 is 0. The summed E-state index contributed by atoms with van der Waals surface area (Å²) < 4.78 is 32.4. The molecule has 2 aromatic carbocycles. The van der Waals surface area contributed by atoms with Gasteiger partial charge in [0.2, 0.25) is 5.91 Å². The van der Waals surface area contributed by atoms with Crippen LogP contribution in [0.1, 0.15) is 70.9 Å². The van der Waals surface area contributed by atoms with Crippen LogP contribution < -0.4 is 5.32 Å². The SMILES string of the molecule is CCC(C)[C@@H](C(=O)NCCCC(c1ccc(F)cc1)c1ccc(F)cc1)N(C)C(=O)OC(C)(C)C. The number of rotatable bonds is 10. The van der Waals surface area contributed by atoms with Crippen molar-refractivity contribution in [2.24, 2.45) is 5.92 Å². The summed E-state index contributed by atoms with van der Waals surface area (Å²) in [5, 5.41) is 2.96. The first-order valence-electron chi connectivity index (χ1n) is 12.2. The maximum Gasteiger partial charge on any atom is 0.410 e. The van der Waals surface area contributed by atoms with Crippen LogP contribution in [0, 0.1) is 17.6 Å². The Morgan fingerprint density at radius 2 is 1.46 bits per heavy atom. The van der Waals surface area contributed by atoms with E-state index >= 15 is 0 Å². The molecular formula is C28H38F2N2O3. The third kappa shape index (κ3) is 8.64. The Hall–Kier alpha value is -2.96. The van der Waals surface area contributed by atoms with Crippen LogP contribution in [0.5, 0.6) is 0 Å². The third-order valence-electron chi connectivity index (χ3n) is 6.06. The molecule has 35 heavy (non-hydrogen) atoms. The van der Waals surface area contributed by atoms with Crippen molar-refractivity contribution in [1.29, 1.82) is 0 Å². The van der Waals surface area contributed by atoms with Crippen molar-refractivity contribution in [1.82, 2.24) is 10.2 Å². The number of carbonyl (C=O) groups is 2. The van der Waals surface area contributed by atoms with Gasteiger partial charge in [0.15, 0.2) is 0 Å². The van der Waals surface area contributed by atoms with E-state index in [1.807, 2.05) is 13.8 Å². The highest BCUT2D eigenvalue weighted by molar-refractivity contribution is 5.85. The average molecular weight is 489 g/mol. The standard InChI is InChI=1S/C28H38F2N2O3/c1-7-19(2)25(32(6)27(34)35-28(3,4)5)26(33)31-18-8-9-24(20-10-14-22(29)15-11-20)21-12-16-23(30)17-13-21/h10-17,19,24-25H,7-9,18H2,1-6H3,(H,31,33)/t19?,25-/m0/s1. The van der Waals surface area contributed by atoms with Crippen LogP contribution in [0.3, 0.4) is 0 Å². The summed E-state index contributed by atoms with van der Waals surface area (Å²) in [6.07, 6.45) is 1.51. The highest BCUT2D eigenvalue weighted by atomic mass is 19.1. The van der Waals surface area contributed by atoms with Crippen molar-refractivity contribution < 1.29 is 23.1 Å². The zero-order chi connectivity index (χ0) is 26.2. The van der Waals surface area contributed by atoms with Gasteiger partial charge >= 0.3 is 6.09 Å². The fraction of sp³-hybridized carbons (Fsp3) is 0.500. The van der Waals surface area contributed by atoms with E-state index in [-0.39, 0.29) is 29.4 Å². The molecule has 2 rings (SSSR count). The molecule has 0 bridgehead atoms. The van der Waals surface area contributed by atoms with E-state index < -0.39 is 17.7 Å². The zero-order valence-electron chi connectivity index (χ0n) is 21.6. The molecule has 0 aromatic heterocycles. The molecule has 7 heteroatoms. The van der Waals surface area contributed by atoms with Gasteiger partial charge in [0.25, 0.3) is 0 Å². The molecular weight excluding hydrogens is 450 g/mol. The molecule has 2 aromatic rings. The van der Waals surface area contributed by atoms with E-state index in [9.17, 15) is 18.4 Å². The lowest BCUT2D eigenvalue weighted by Gasteiger charge is -2.33. The lowest BCUT2D eigenvalue weighted by molar-refractivity contribution is -0.127. The number of hydrogen-bond donors (Lipinski definition) is 1. The molecule has 0 saturated heterocycles. The maximum absolute atomic E-state index is 13.4. The predicted octanol–water partition coefficient (Wildman–Crippen LogP) is 6.27. The van der Waals surface area contributed by atoms with Crippen LogP contribution in [-0.4, -0.2) is 42.1 Å². The molecule has 2 amide bonds. The molecule has 0 aliphatic heterocycles. The Morgan fingerprint density at radius 3 is 1.89 bits per heavy atom. The van der Waals surface area contributed by atoms with Crippen LogP contribution in [0.15, 0.2) is 48.5 Å². The summed E-state index contributed by atoms with van der Waals surface area (Å²) in [7, 11) is 1.59. The molecule has 5 nitrogen and oxygen atoms in total. The lowest BCUT2D eigenvalue weighted by atomic mass is 9.87. The molecule has 0 aliphatic carbocycles. The van der Waals surface area contributed by atoms with Gasteiger partial charge in [-0.25, -0.2) is 13.6 Å². The van der Waals surface area contributed by atoms with Gasteiger partial charge in [0.1, 0.15) is 23.3 Å². The number of likely N-dealkylation sites (N-methyl/N-ethyl adjacent to an activating group) is 1. The number of ether oxygens (including phenoxy) is 1. The molecule has 0 radical (unpaired) electrons. The maximum atomic E-state index is 13.4. The van der Waals surface area contributed by atoms with Gasteiger partial charge in [0, 0.05) is 19.5 Å². The first-order chi connectivity index (χ1) is 16.4. The topological polar surface area (TPSA) is 58.6 Å². The summed E-state index contributed by atoms with van der Waals surface area (Å²) in [4.78, 5) is 27.0.